The second kappa shape index (κ2) is 11.4. The van der Waals surface area contributed by atoms with Crippen LogP contribution in [-0.4, -0.2) is 9.13 Å². The predicted molar refractivity (Wildman–Crippen MR) is 207 cm³/mol. The molecule has 0 amide bonds. The molecule has 8 aromatic rings. The Morgan fingerprint density at radius 3 is 1.45 bits per heavy atom. The van der Waals surface area contributed by atoms with Crippen molar-refractivity contribution in [1.29, 1.82) is 10.5 Å². The van der Waals surface area contributed by atoms with Gasteiger partial charge in [0, 0.05) is 32.7 Å². The average molecular weight is 665 g/mol. The van der Waals surface area contributed by atoms with Crippen LogP contribution in [0.4, 0.5) is 4.39 Å². The van der Waals surface area contributed by atoms with Crippen molar-refractivity contribution in [2.45, 2.75) is 52.4 Å². The van der Waals surface area contributed by atoms with Crippen molar-refractivity contribution in [2.75, 3.05) is 0 Å². The van der Waals surface area contributed by atoms with Crippen LogP contribution in [0.3, 0.4) is 0 Å². The van der Waals surface area contributed by atoms with Gasteiger partial charge in [-0.1, -0.05) is 108 Å². The smallest absolute Gasteiger partial charge is 0.132 e. The van der Waals surface area contributed by atoms with Gasteiger partial charge in [0.05, 0.1) is 56.7 Å². The molecule has 0 aliphatic heterocycles. The third-order valence-corrected chi connectivity index (χ3v) is 10.2. The number of rotatable bonds is 3. The van der Waals surface area contributed by atoms with Crippen LogP contribution < -0.4 is 0 Å². The number of hydrogen-bond donors (Lipinski definition) is 0. The lowest BCUT2D eigenvalue weighted by Crippen LogP contribution is -2.12. The number of halogens is 1. The van der Waals surface area contributed by atoms with E-state index in [-0.39, 0.29) is 22.0 Å². The Bertz CT molecular complexity index is 2800. The minimum atomic E-state index is -0.548. The topological polar surface area (TPSA) is 57.4 Å². The first-order chi connectivity index (χ1) is 24.4. The van der Waals surface area contributed by atoms with Crippen molar-refractivity contribution in [3.63, 3.8) is 0 Å². The fraction of sp³-hybridized carbons (Fsp3) is 0.174. The summed E-state index contributed by atoms with van der Waals surface area (Å²) in [5.41, 5.74) is 9.19. The predicted octanol–water partition coefficient (Wildman–Crippen LogP) is 12.0. The van der Waals surface area contributed by atoms with E-state index < -0.39 is 5.82 Å². The minimum Gasteiger partial charge on any atom is -0.307 e. The van der Waals surface area contributed by atoms with Crippen LogP contribution in [0.25, 0.3) is 66.1 Å². The zero-order valence-electron chi connectivity index (χ0n) is 29.6. The van der Waals surface area contributed by atoms with Gasteiger partial charge in [-0.25, -0.2) is 4.39 Å². The molecule has 0 radical (unpaired) electrons. The Labute approximate surface area is 297 Å². The maximum absolute atomic E-state index is 15.9. The van der Waals surface area contributed by atoms with Crippen molar-refractivity contribution in [3.8, 4) is 34.6 Å². The number of nitrogens with zero attached hydrogens (tertiary/aromatic N) is 4. The van der Waals surface area contributed by atoms with E-state index in [4.69, 9.17) is 0 Å². The number of nitriles is 2. The molecule has 8 rings (SSSR count). The van der Waals surface area contributed by atoms with Crippen LogP contribution in [0, 0.1) is 28.5 Å². The molecule has 0 fully saturated rings. The van der Waals surface area contributed by atoms with Gasteiger partial charge in [-0.2, -0.15) is 10.5 Å². The van der Waals surface area contributed by atoms with Crippen molar-refractivity contribution >= 4 is 43.6 Å². The molecule has 2 aromatic heterocycles. The van der Waals surface area contributed by atoms with Gasteiger partial charge in [-0.05, 0) is 70.5 Å². The Morgan fingerprint density at radius 2 is 0.980 bits per heavy atom. The summed E-state index contributed by atoms with van der Waals surface area (Å²) in [6.07, 6.45) is 0. The van der Waals surface area contributed by atoms with E-state index in [9.17, 15) is 10.5 Å². The van der Waals surface area contributed by atoms with E-state index in [2.05, 4.69) is 130 Å². The summed E-state index contributed by atoms with van der Waals surface area (Å²) in [5, 5.41) is 24.6. The molecule has 0 saturated heterocycles. The summed E-state index contributed by atoms with van der Waals surface area (Å²) in [5.74, 6) is -0.548. The zero-order valence-corrected chi connectivity index (χ0v) is 29.6. The van der Waals surface area contributed by atoms with Crippen molar-refractivity contribution < 1.29 is 4.39 Å². The number of hydrogen-bond acceptors (Lipinski definition) is 2. The van der Waals surface area contributed by atoms with Gasteiger partial charge in [0.1, 0.15) is 5.82 Å². The molecule has 248 valence electrons. The summed E-state index contributed by atoms with van der Waals surface area (Å²) in [6, 6.07) is 42.8. The monoisotopic (exact) mass is 664 g/mol. The lowest BCUT2D eigenvalue weighted by atomic mass is 9.86. The second-order valence-electron chi connectivity index (χ2n) is 15.5. The highest BCUT2D eigenvalue weighted by Crippen LogP contribution is 2.42. The van der Waals surface area contributed by atoms with E-state index in [1.165, 1.54) is 17.2 Å². The lowest BCUT2D eigenvalue weighted by molar-refractivity contribution is 0.590. The van der Waals surface area contributed by atoms with Gasteiger partial charge >= 0.3 is 0 Å². The highest BCUT2D eigenvalue weighted by molar-refractivity contribution is 6.12. The van der Waals surface area contributed by atoms with Crippen LogP contribution in [0.5, 0.6) is 0 Å². The van der Waals surface area contributed by atoms with E-state index in [1.54, 1.807) is 12.1 Å². The Kier molecular flexibility index (Phi) is 7.19. The Hall–Kier alpha value is -6.17. The Balaban J connectivity index is 1.59. The van der Waals surface area contributed by atoms with Gasteiger partial charge < -0.3 is 9.13 Å². The first-order valence-electron chi connectivity index (χ1n) is 17.3. The van der Waals surface area contributed by atoms with E-state index in [1.807, 2.05) is 30.3 Å². The lowest BCUT2D eigenvalue weighted by Gasteiger charge is -2.22. The van der Waals surface area contributed by atoms with Gasteiger partial charge in [0.25, 0.3) is 0 Å². The van der Waals surface area contributed by atoms with Gasteiger partial charge in [-0.15, -0.1) is 0 Å². The minimum absolute atomic E-state index is 0.0940. The summed E-state index contributed by atoms with van der Waals surface area (Å²) >= 11 is 0. The first-order valence-corrected chi connectivity index (χ1v) is 17.3. The van der Waals surface area contributed by atoms with Crippen molar-refractivity contribution in [3.05, 3.63) is 143 Å². The van der Waals surface area contributed by atoms with Gasteiger partial charge in [0.2, 0.25) is 0 Å². The van der Waals surface area contributed by atoms with E-state index in [0.717, 1.165) is 55.0 Å². The van der Waals surface area contributed by atoms with Crippen LogP contribution in [0.15, 0.2) is 115 Å². The van der Waals surface area contributed by atoms with Crippen LogP contribution in [0.1, 0.15) is 63.8 Å². The van der Waals surface area contributed by atoms with Gasteiger partial charge in [-0.3, -0.25) is 0 Å². The molecule has 0 N–H and O–H groups in total. The van der Waals surface area contributed by atoms with E-state index >= 15 is 4.39 Å². The fourth-order valence-corrected chi connectivity index (χ4v) is 7.45. The summed E-state index contributed by atoms with van der Waals surface area (Å²) < 4.78 is 20.4. The number of fused-ring (bicyclic) bond motifs is 6. The van der Waals surface area contributed by atoms with Crippen LogP contribution in [0.2, 0.25) is 0 Å². The second-order valence-corrected chi connectivity index (χ2v) is 15.5. The molecule has 5 heteroatoms. The van der Waals surface area contributed by atoms with Crippen molar-refractivity contribution in [1.82, 2.24) is 9.13 Å². The summed E-state index contributed by atoms with van der Waals surface area (Å²) in [6.45, 7) is 13.3. The summed E-state index contributed by atoms with van der Waals surface area (Å²) in [7, 11) is 0. The molecule has 4 nitrogen and oxygen atoms in total. The third kappa shape index (κ3) is 5.08. The molecule has 0 atom stereocenters. The molecular formula is C46H37FN4. The molecule has 51 heavy (non-hydrogen) atoms. The summed E-state index contributed by atoms with van der Waals surface area (Å²) in [4.78, 5) is 0. The maximum atomic E-state index is 15.9. The number of benzene rings is 6. The zero-order chi connectivity index (χ0) is 35.8. The highest BCUT2D eigenvalue weighted by Gasteiger charge is 2.25. The fourth-order valence-electron chi connectivity index (χ4n) is 7.45. The molecule has 2 heterocycles. The quantitative estimate of drug-likeness (QED) is 0.189. The van der Waals surface area contributed by atoms with E-state index in [0.29, 0.717) is 11.1 Å². The molecular weight excluding hydrogens is 628 g/mol. The largest absolute Gasteiger partial charge is 0.307 e. The third-order valence-electron chi connectivity index (χ3n) is 10.2. The van der Waals surface area contributed by atoms with Crippen LogP contribution >= 0.6 is 0 Å². The molecule has 0 aliphatic carbocycles. The Morgan fingerprint density at radius 1 is 0.490 bits per heavy atom. The molecule has 0 saturated carbocycles. The maximum Gasteiger partial charge on any atom is 0.132 e. The highest BCUT2D eigenvalue weighted by atomic mass is 19.1. The molecule has 0 bridgehead atoms. The molecule has 0 spiro atoms. The molecule has 0 aliphatic rings. The normalized spacial score (nSPS) is 12.2. The van der Waals surface area contributed by atoms with Crippen LogP contribution in [-0.2, 0) is 10.8 Å². The number of aromatic nitrogens is 2. The average Bonchev–Trinajstić information content (AvgIpc) is 3.62. The van der Waals surface area contributed by atoms with Gasteiger partial charge in [0.15, 0.2) is 0 Å². The molecule has 0 unspecified atom stereocenters. The SMILES string of the molecule is CC(C)(C)c1ccc2c3ccccc3n(-c3cc(C#N)c(-c4ccc(C#N)cc4F)cc3-n3c4ccccc4c4ccc(C(C)(C)C)cc43)c2c1. The standard InChI is InChI=1S/C46H37FN4/c1-45(2,3)30-16-19-35-33-11-7-9-13-39(33)50(41(35)23-30)43-22-29(27-49)37(32-18-15-28(26-48)21-38(32)47)25-44(43)51-40-14-10-8-12-34(40)36-20-17-31(24-42(36)51)46(4,5)6/h7-25H,1-6H3. The first kappa shape index (κ1) is 32.1. The number of para-hydroxylation sites is 2. The molecule has 6 aromatic carbocycles. The van der Waals surface area contributed by atoms with Crippen molar-refractivity contribution in [2.24, 2.45) is 0 Å².